The number of ether oxygens (including phenoxy) is 1. The lowest BCUT2D eigenvalue weighted by molar-refractivity contribution is -0.384. The van der Waals surface area contributed by atoms with Gasteiger partial charge in [0, 0.05) is 22.2 Å². The highest BCUT2D eigenvalue weighted by atomic mass is 35.5. The van der Waals surface area contributed by atoms with Crippen LogP contribution >= 0.6 is 23.2 Å². The molecule has 0 saturated carbocycles. The highest BCUT2D eigenvalue weighted by Crippen LogP contribution is 2.32. The summed E-state index contributed by atoms with van der Waals surface area (Å²) in [5, 5.41) is 11.7. The molecular formula is C15H13Cl2NO3. The molecule has 0 aromatic heterocycles. The molecule has 2 rings (SSSR count). The Labute approximate surface area is 132 Å². The van der Waals surface area contributed by atoms with Crippen molar-refractivity contribution < 1.29 is 9.66 Å². The second-order valence-corrected chi connectivity index (χ2v) is 5.89. The largest absolute Gasteiger partial charge is 0.483 e. The molecular weight excluding hydrogens is 313 g/mol. The number of nitrogens with zero attached hydrogens (tertiary/aromatic N) is 1. The number of rotatable bonds is 4. The molecule has 0 N–H and O–H groups in total. The fourth-order valence-corrected chi connectivity index (χ4v) is 2.42. The molecule has 0 aliphatic carbocycles. The van der Waals surface area contributed by atoms with E-state index in [1.807, 2.05) is 13.8 Å². The van der Waals surface area contributed by atoms with Crippen molar-refractivity contribution in [1.82, 2.24) is 0 Å². The lowest BCUT2D eigenvalue weighted by atomic mass is 9.98. The van der Waals surface area contributed by atoms with Crippen molar-refractivity contribution >= 4 is 28.9 Å². The van der Waals surface area contributed by atoms with E-state index in [1.165, 1.54) is 12.1 Å². The summed E-state index contributed by atoms with van der Waals surface area (Å²) < 4.78 is 5.89. The van der Waals surface area contributed by atoms with Crippen LogP contribution in [0.25, 0.3) is 0 Å². The lowest BCUT2D eigenvalue weighted by Crippen LogP contribution is -2.25. The molecule has 2 aromatic rings. The molecule has 4 nitrogen and oxygen atoms in total. The molecule has 0 spiro atoms. The smallest absolute Gasteiger partial charge is 0.269 e. The monoisotopic (exact) mass is 325 g/mol. The third-order valence-corrected chi connectivity index (χ3v) is 3.41. The first-order valence-corrected chi connectivity index (χ1v) is 6.93. The summed E-state index contributed by atoms with van der Waals surface area (Å²) in [7, 11) is 0. The van der Waals surface area contributed by atoms with E-state index in [1.54, 1.807) is 30.3 Å². The predicted molar refractivity (Wildman–Crippen MR) is 83.2 cm³/mol. The SMILES string of the molecule is CC(C)(Oc1ccc([N+](=O)[O-])cc1)c1cc(Cl)cc(Cl)c1. The maximum absolute atomic E-state index is 10.6. The standard InChI is InChI=1S/C15H13Cl2NO3/c1-15(2,10-7-11(16)9-12(17)8-10)21-14-5-3-13(4-6-14)18(19)20/h3-9H,1-2H3. The van der Waals surface area contributed by atoms with E-state index in [9.17, 15) is 10.1 Å². The summed E-state index contributed by atoms with van der Waals surface area (Å²) in [5.74, 6) is 0.529. The van der Waals surface area contributed by atoms with Crippen molar-refractivity contribution in [3.8, 4) is 5.75 Å². The molecule has 0 bridgehead atoms. The van der Waals surface area contributed by atoms with Gasteiger partial charge in [0.1, 0.15) is 11.4 Å². The zero-order valence-corrected chi connectivity index (χ0v) is 13.0. The number of benzene rings is 2. The number of halogens is 2. The Balaban J connectivity index is 2.25. The number of nitro groups is 1. The van der Waals surface area contributed by atoms with Crippen molar-refractivity contribution in [1.29, 1.82) is 0 Å². The highest BCUT2D eigenvalue weighted by molar-refractivity contribution is 6.34. The summed E-state index contributed by atoms with van der Waals surface area (Å²) in [6.07, 6.45) is 0. The van der Waals surface area contributed by atoms with Gasteiger partial charge in [0.2, 0.25) is 0 Å². The molecule has 0 unspecified atom stereocenters. The first kappa shape index (κ1) is 15.6. The minimum atomic E-state index is -0.676. The third kappa shape index (κ3) is 3.86. The zero-order chi connectivity index (χ0) is 15.6. The van der Waals surface area contributed by atoms with E-state index in [2.05, 4.69) is 0 Å². The van der Waals surface area contributed by atoms with Crippen LogP contribution in [-0.4, -0.2) is 4.92 Å². The Morgan fingerprint density at radius 3 is 2.05 bits per heavy atom. The van der Waals surface area contributed by atoms with Gasteiger partial charge >= 0.3 is 0 Å². The summed E-state index contributed by atoms with van der Waals surface area (Å²) in [5.41, 5.74) is 0.161. The second kappa shape index (κ2) is 5.92. The molecule has 6 heteroatoms. The molecule has 0 aliphatic heterocycles. The fraction of sp³-hybridized carbons (Fsp3) is 0.200. The van der Waals surface area contributed by atoms with Crippen LogP contribution < -0.4 is 4.74 Å². The van der Waals surface area contributed by atoms with Crippen LogP contribution in [-0.2, 0) is 5.60 Å². The first-order valence-electron chi connectivity index (χ1n) is 6.18. The molecule has 0 saturated heterocycles. The van der Waals surface area contributed by atoms with Crippen LogP contribution in [0.5, 0.6) is 5.75 Å². The Morgan fingerprint density at radius 2 is 1.57 bits per heavy atom. The lowest BCUT2D eigenvalue weighted by Gasteiger charge is -2.27. The van der Waals surface area contributed by atoms with Crippen LogP contribution in [0.1, 0.15) is 19.4 Å². The summed E-state index contributed by atoms with van der Waals surface area (Å²) >= 11 is 12.0. The molecule has 0 aliphatic rings. The minimum Gasteiger partial charge on any atom is -0.483 e. The van der Waals surface area contributed by atoms with Gasteiger partial charge in [-0.15, -0.1) is 0 Å². The second-order valence-electron chi connectivity index (χ2n) is 5.02. The Kier molecular flexibility index (Phi) is 4.40. The van der Waals surface area contributed by atoms with Crippen molar-refractivity contribution in [3.05, 3.63) is 68.2 Å². The summed E-state index contributed by atoms with van der Waals surface area (Å²) in [6, 6.07) is 11.1. The van der Waals surface area contributed by atoms with E-state index in [-0.39, 0.29) is 5.69 Å². The van der Waals surface area contributed by atoms with Crippen molar-refractivity contribution in [3.63, 3.8) is 0 Å². The molecule has 21 heavy (non-hydrogen) atoms. The molecule has 0 atom stereocenters. The summed E-state index contributed by atoms with van der Waals surface area (Å²) in [4.78, 5) is 10.2. The van der Waals surface area contributed by atoms with E-state index in [0.29, 0.717) is 15.8 Å². The molecule has 0 amide bonds. The highest BCUT2D eigenvalue weighted by Gasteiger charge is 2.24. The maximum atomic E-state index is 10.6. The van der Waals surface area contributed by atoms with Crippen molar-refractivity contribution in [2.24, 2.45) is 0 Å². The molecule has 0 fully saturated rings. The summed E-state index contributed by atoms with van der Waals surface area (Å²) in [6.45, 7) is 3.74. The molecule has 110 valence electrons. The third-order valence-electron chi connectivity index (χ3n) is 2.98. The average molecular weight is 326 g/mol. The quantitative estimate of drug-likeness (QED) is 0.572. The van der Waals surface area contributed by atoms with Gasteiger partial charge in [-0.2, -0.15) is 0 Å². The number of non-ortho nitro benzene ring substituents is 1. The van der Waals surface area contributed by atoms with E-state index >= 15 is 0 Å². The number of hydrogen-bond acceptors (Lipinski definition) is 3. The van der Waals surface area contributed by atoms with Crippen molar-refractivity contribution in [2.75, 3.05) is 0 Å². The molecule has 2 aromatic carbocycles. The van der Waals surface area contributed by atoms with E-state index < -0.39 is 10.5 Å². The Morgan fingerprint density at radius 1 is 1.05 bits per heavy atom. The molecule has 0 heterocycles. The topological polar surface area (TPSA) is 52.4 Å². The zero-order valence-electron chi connectivity index (χ0n) is 11.5. The Bertz CT molecular complexity index is 649. The van der Waals surface area contributed by atoms with Crippen LogP contribution in [0.2, 0.25) is 10.0 Å². The number of hydrogen-bond donors (Lipinski definition) is 0. The van der Waals surface area contributed by atoms with Gasteiger partial charge in [-0.25, -0.2) is 0 Å². The normalized spacial score (nSPS) is 11.2. The van der Waals surface area contributed by atoms with Gasteiger partial charge in [0.05, 0.1) is 4.92 Å². The van der Waals surface area contributed by atoms with Crippen molar-refractivity contribution in [2.45, 2.75) is 19.4 Å². The molecule has 0 radical (unpaired) electrons. The van der Waals surface area contributed by atoms with Gasteiger partial charge in [0.25, 0.3) is 5.69 Å². The van der Waals surface area contributed by atoms with Crippen LogP contribution in [0.15, 0.2) is 42.5 Å². The van der Waals surface area contributed by atoms with Crippen LogP contribution in [0, 0.1) is 10.1 Å². The maximum Gasteiger partial charge on any atom is 0.269 e. The number of nitro benzene ring substituents is 1. The first-order chi connectivity index (χ1) is 9.78. The predicted octanol–water partition coefficient (Wildman–Crippen LogP) is 5.22. The minimum absolute atomic E-state index is 0.0194. The average Bonchev–Trinajstić information content (AvgIpc) is 2.37. The van der Waals surface area contributed by atoms with E-state index in [0.717, 1.165) is 5.56 Å². The van der Waals surface area contributed by atoms with Gasteiger partial charge in [-0.05, 0) is 49.7 Å². The van der Waals surface area contributed by atoms with Gasteiger partial charge in [0.15, 0.2) is 0 Å². The van der Waals surface area contributed by atoms with E-state index in [4.69, 9.17) is 27.9 Å². The van der Waals surface area contributed by atoms with Crippen LogP contribution in [0.3, 0.4) is 0 Å². The van der Waals surface area contributed by atoms with Gasteiger partial charge in [-0.1, -0.05) is 23.2 Å². The van der Waals surface area contributed by atoms with Gasteiger partial charge in [-0.3, -0.25) is 10.1 Å². The van der Waals surface area contributed by atoms with Gasteiger partial charge < -0.3 is 4.74 Å². The van der Waals surface area contributed by atoms with Crippen LogP contribution in [0.4, 0.5) is 5.69 Å². The fourth-order valence-electron chi connectivity index (χ4n) is 1.89. The Hall–Kier alpha value is -1.78.